The van der Waals surface area contributed by atoms with E-state index in [0.29, 0.717) is 6.54 Å². The van der Waals surface area contributed by atoms with E-state index in [9.17, 15) is 5.11 Å². The van der Waals surface area contributed by atoms with Crippen LogP contribution in [0.1, 0.15) is 22.9 Å². The van der Waals surface area contributed by atoms with Crippen molar-refractivity contribution in [3.8, 4) is 5.69 Å². The van der Waals surface area contributed by atoms with Crippen LogP contribution in [0.3, 0.4) is 0 Å². The molecule has 3 rings (SSSR count). The number of hydrogen-bond donors (Lipinski definition) is 2. The average molecular weight is 300 g/mol. The van der Waals surface area contributed by atoms with Crippen LogP contribution in [0.2, 0.25) is 0 Å². The normalized spacial score (nSPS) is 12.3. The first-order valence-corrected chi connectivity index (χ1v) is 7.50. The van der Waals surface area contributed by atoms with E-state index in [0.717, 1.165) is 21.3 Å². The van der Waals surface area contributed by atoms with Gasteiger partial charge in [-0.1, -0.05) is 18.2 Å². The molecule has 1 aromatic carbocycles. The van der Waals surface area contributed by atoms with Crippen LogP contribution in [0, 0.1) is 0 Å². The third kappa shape index (κ3) is 3.29. The number of nitrogens with zero attached hydrogens (tertiary/aromatic N) is 3. The number of thiazole rings is 1. The van der Waals surface area contributed by atoms with Crippen molar-refractivity contribution in [1.82, 2.24) is 14.8 Å². The Labute approximate surface area is 126 Å². The van der Waals surface area contributed by atoms with Gasteiger partial charge < -0.3 is 10.4 Å². The number of nitrogens with one attached hydrogen (secondary N) is 1. The highest BCUT2D eigenvalue weighted by Gasteiger charge is 2.07. The first-order valence-electron chi connectivity index (χ1n) is 6.69. The van der Waals surface area contributed by atoms with E-state index >= 15 is 0 Å². The van der Waals surface area contributed by atoms with Crippen LogP contribution in [0.25, 0.3) is 5.69 Å². The summed E-state index contributed by atoms with van der Waals surface area (Å²) in [6.45, 7) is 2.39. The Bertz CT molecular complexity index is 705. The molecule has 21 heavy (non-hydrogen) atoms. The Kier molecular flexibility index (Phi) is 3.98. The molecule has 3 aromatic rings. The van der Waals surface area contributed by atoms with Crippen molar-refractivity contribution < 1.29 is 5.11 Å². The molecule has 1 atom stereocenters. The average Bonchev–Trinajstić information content (AvgIpc) is 3.15. The summed E-state index contributed by atoms with van der Waals surface area (Å²) >= 11 is 1.51. The minimum absolute atomic E-state index is 0.510. The smallest absolute Gasteiger partial charge is 0.121 e. The molecule has 2 N–H and O–H groups in total. The van der Waals surface area contributed by atoms with Gasteiger partial charge in [-0.25, -0.2) is 9.67 Å². The summed E-state index contributed by atoms with van der Waals surface area (Å²) in [5.41, 5.74) is 1.98. The highest BCUT2D eigenvalue weighted by Crippen LogP contribution is 2.20. The molecule has 2 aromatic heterocycles. The maximum Gasteiger partial charge on any atom is 0.121 e. The van der Waals surface area contributed by atoms with Gasteiger partial charge in [0.15, 0.2) is 0 Å². The van der Waals surface area contributed by atoms with Crippen LogP contribution in [-0.4, -0.2) is 19.9 Å². The van der Waals surface area contributed by atoms with Gasteiger partial charge in [-0.05, 0) is 19.1 Å². The Morgan fingerprint density at radius 2 is 2.10 bits per heavy atom. The zero-order valence-corrected chi connectivity index (χ0v) is 12.4. The molecule has 108 valence electrons. The SMILES string of the molecule is CC(O)c1ncc(CNc2cnn(-c3ccccc3)c2)s1. The predicted octanol–water partition coefficient (Wildman–Crippen LogP) is 2.99. The molecule has 1 unspecified atom stereocenters. The fourth-order valence-corrected chi connectivity index (χ4v) is 2.72. The van der Waals surface area contributed by atoms with Crippen LogP contribution in [0.5, 0.6) is 0 Å². The fourth-order valence-electron chi connectivity index (χ4n) is 1.92. The zero-order valence-electron chi connectivity index (χ0n) is 11.6. The van der Waals surface area contributed by atoms with Gasteiger partial charge in [-0.2, -0.15) is 5.10 Å². The topological polar surface area (TPSA) is 63.0 Å². The largest absolute Gasteiger partial charge is 0.386 e. The molecule has 0 aliphatic heterocycles. The van der Waals surface area contributed by atoms with Crippen molar-refractivity contribution in [2.45, 2.75) is 19.6 Å². The molecule has 0 saturated heterocycles. The monoisotopic (exact) mass is 300 g/mol. The minimum atomic E-state index is -0.510. The van der Waals surface area contributed by atoms with Crippen LogP contribution >= 0.6 is 11.3 Å². The van der Waals surface area contributed by atoms with E-state index < -0.39 is 6.10 Å². The zero-order chi connectivity index (χ0) is 14.7. The van der Waals surface area contributed by atoms with E-state index in [1.807, 2.05) is 41.2 Å². The van der Waals surface area contributed by atoms with E-state index in [-0.39, 0.29) is 0 Å². The molecule has 0 aliphatic rings. The number of para-hydroxylation sites is 1. The lowest BCUT2D eigenvalue weighted by Gasteiger charge is -2.01. The fraction of sp³-hybridized carbons (Fsp3) is 0.200. The second kappa shape index (κ2) is 6.07. The summed E-state index contributed by atoms with van der Waals surface area (Å²) in [6, 6.07) is 9.97. The number of anilines is 1. The van der Waals surface area contributed by atoms with Crippen molar-refractivity contribution in [2.75, 3.05) is 5.32 Å². The maximum absolute atomic E-state index is 9.47. The van der Waals surface area contributed by atoms with E-state index in [4.69, 9.17) is 0 Å². The molecular formula is C15H16N4OS. The van der Waals surface area contributed by atoms with Gasteiger partial charge in [-0.15, -0.1) is 11.3 Å². The van der Waals surface area contributed by atoms with E-state index in [1.165, 1.54) is 11.3 Å². The number of rotatable bonds is 5. The summed E-state index contributed by atoms with van der Waals surface area (Å²) in [5, 5.41) is 17.9. The molecule has 0 saturated carbocycles. The maximum atomic E-state index is 9.47. The Hall–Kier alpha value is -2.18. The van der Waals surface area contributed by atoms with Crippen molar-refractivity contribution in [2.24, 2.45) is 0 Å². The van der Waals surface area contributed by atoms with Crippen LogP contribution < -0.4 is 5.32 Å². The minimum Gasteiger partial charge on any atom is -0.386 e. The number of benzene rings is 1. The first-order chi connectivity index (χ1) is 10.2. The van der Waals surface area contributed by atoms with Crippen LogP contribution in [0.15, 0.2) is 48.9 Å². The van der Waals surface area contributed by atoms with Gasteiger partial charge in [-0.3, -0.25) is 0 Å². The van der Waals surface area contributed by atoms with Gasteiger partial charge in [0.2, 0.25) is 0 Å². The molecule has 0 aliphatic carbocycles. The summed E-state index contributed by atoms with van der Waals surface area (Å²) in [5.74, 6) is 0. The lowest BCUT2D eigenvalue weighted by Crippen LogP contribution is -1.96. The Balaban J connectivity index is 1.65. The Morgan fingerprint density at radius 1 is 1.29 bits per heavy atom. The van der Waals surface area contributed by atoms with E-state index in [1.54, 1.807) is 19.3 Å². The van der Waals surface area contributed by atoms with Crippen molar-refractivity contribution >= 4 is 17.0 Å². The molecular weight excluding hydrogens is 284 g/mol. The lowest BCUT2D eigenvalue weighted by molar-refractivity contribution is 0.199. The number of aliphatic hydroxyl groups excluding tert-OH is 1. The third-order valence-corrected chi connectivity index (χ3v) is 4.17. The summed E-state index contributed by atoms with van der Waals surface area (Å²) in [6.07, 6.45) is 5.03. The lowest BCUT2D eigenvalue weighted by atomic mass is 10.3. The van der Waals surface area contributed by atoms with Gasteiger partial charge >= 0.3 is 0 Å². The van der Waals surface area contributed by atoms with Crippen molar-refractivity contribution in [3.63, 3.8) is 0 Å². The van der Waals surface area contributed by atoms with Crippen LogP contribution in [-0.2, 0) is 6.54 Å². The molecule has 0 radical (unpaired) electrons. The first kappa shape index (κ1) is 13.8. The molecule has 0 amide bonds. The number of aliphatic hydroxyl groups is 1. The highest BCUT2D eigenvalue weighted by molar-refractivity contribution is 7.11. The van der Waals surface area contributed by atoms with E-state index in [2.05, 4.69) is 15.4 Å². The van der Waals surface area contributed by atoms with Crippen molar-refractivity contribution in [1.29, 1.82) is 0 Å². The predicted molar refractivity (Wildman–Crippen MR) is 83.6 cm³/mol. The quantitative estimate of drug-likeness (QED) is 0.760. The molecule has 2 heterocycles. The Morgan fingerprint density at radius 3 is 2.81 bits per heavy atom. The highest BCUT2D eigenvalue weighted by atomic mass is 32.1. The molecule has 0 spiro atoms. The molecule has 5 nitrogen and oxygen atoms in total. The summed E-state index contributed by atoms with van der Waals surface area (Å²) < 4.78 is 1.83. The molecule has 0 fully saturated rings. The third-order valence-electron chi connectivity index (χ3n) is 3.00. The molecule has 6 heteroatoms. The van der Waals surface area contributed by atoms with Gasteiger partial charge in [0.1, 0.15) is 11.1 Å². The second-order valence-corrected chi connectivity index (χ2v) is 5.85. The second-order valence-electron chi connectivity index (χ2n) is 4.70. The van der Waals surface area contributed by atoms with Gasteiger partial charge in [0.05, 0.1) is 30.3 Å². The standard InChI is InChI=1S/C15H16N4OS/c1-11(20)15-17-9-14(21-15)8-16-12-7-18-19(10-12)13-5-3-2-4-6-13/h2-7,9-11,16,20H,8H2,1H3. The van der Waals surface area contributed by atoms with Crippen molar-refractivity contribution in [3.05, 3.63) is 58.8 Å². The van der Waals surface area contributed by atoms with Gasteiger partial charge in [0.25, 0.3) is 0 Å². The molecule has 0 bridgehead atoms. The number of aromatic nitrogens is 3. The summed E-state index contributed by atoms with van der Waals surface area (Å²) in [7, 11) is 0. The number of hydrogen-bond acceptors (Lipinski definition) is 5. The van der Waals surface area contributed by atoms with Crippen LogP contribution in [0.4, 0.5) is 5.69 Å². The van der Waals surface area contributed by atoms with Gasteiger partial charge in [0, 0.05) is 11.1 Å². The summed E-state index contributed by atoms with van der Waals surface area (Å²) in [4.78, 5) is 5.27.